The highest BCUT2D eigenvalue weighted by Crippen LogP contribution is 2.48. The van der Waals surface area contributed by atoms with Crippen LogP contribution in [0.3, 0.4) is 0 Å². The van der Waals surface area contributed by atoms with Crippen LogP contribution in [0.1, 0.15) is 34.7 Å². The van der Waals surface area contributed by atoms with E-state index in [1.807, 2.05) is 41.5 Å². The third kappa shape index (κ3) is 2.51. The van der Waals surface area contributed by atoms with Gasteiger partial charge in [-0.05, 0) is 35.7 Å². The molecule has 0 radical (unpaired) electrons. The largest absolute Gasteiger partial charge is 0.464 e. The Bertz CT molecular complexity index is 943. The minimum absolute atomic E-state index is 0.116. The highest BCUT2D eigenvalue weighted by Gasteiger charge is 2.41. The van der Waals surface area contributed by atoms with E-state index < -0.39 is 0 Å². The molecular weight excluding hydrogens is 354 g/mol. The molecule has 5 rings (SSSR count). The van der Waals surface area contributed by atoms with Crippen molar-refractivity contribution in [1.29, 1.82) is 0 Å². The van der Waals surface area contributed by atoms with E-state index in [1.54, 1.807) is 17.5 Å². The van der Waals surface area contributed by atoms with Crippen LogP contribution in [-0.4, -0.2) is 15.7 Å². The summed E-state index contributed by atoms with van der Waals surface area (Å²) in [5.74, 6) is 0.863. The molecule has 4 nitrogen and oxygen atoms in total. The topological polar surface area (TPSA) is 37.7 Å². The third-order valence-electron chi connectivity index (χ3n) is 4.53. The zero-order valence-corrected chi connectivity index (χ0v) is 14.7. The summed E-state index contributed by atoms with van der Waals surface area (Å²) in [4.78, 5) is 5.44. The second-order valence-electron chi connectivity index (χ2n) is 6.06. The smallest absolute Gasteiger partial charge is 0.215 e. The maximum absolute atomic E-state index is 6.28. The van der Waals surface area contributed by atoms with E-state index in [4.69, 9.17) is 21.4 Å². The Balaban J connectivity index is 1.62. The second-order valence-corrected chi connectivity index (χ2v) is 7.45. The summed E-state index contributed by atoms with van der Waals surface area (Å²) in [5.41, 5.74) is 3.16. The average molecular weight is 368 g/mol. The molecule has 124 valence electrons. The second kappa shape index (κ2) is 5.86. The molecule has 3 aromatic rings. The van der Waals surface area contributed by atoms with E-state index >= 15 is 0 Å². The third-order valence-corrected chi connectivity index (χ3v) is 5.68. The minimum Gasteiger partial charge on any atom is -0.464 e. The molecule has 0 fully saturated rings. The summed E-state index contributed by atoms with van der Waals surface area (Å²) < 4.78 is 6.28. The summed E-state index contributed by atoms with van der Waals surface area (Å²) in [5, 5.41) is 9.74. The van der Waals surface area contributed by atoms with Crippen molar-refractivity contribution in [2.45, 2.75) is 18.7 Å². The number of hydrazone groups is 1. The number of halogens is 1. The molecule has 0 saturated heterocycles. The summed E-state index contributed by atoms with van der Waals surface area (Å²) in [7, 11) is 0. The lowest BCUT2D eigenvalue weighted by Gasteiger charge is -2.38. The van der Waals surface area contributed by atoms with Crippen molar-refractivity contribution >= 4 is 28.6 Å². The van der Waals surface area contributed by atoms with Gasteiger partial charge in [0.05, 0.1) is 16.6 Å². The van der Waals surface area contributed by atoms with Gasteiger partial charge in [-0.25, -0.2) is 5.01 Å². The molecular formula is C19H14ClN3OS. The van der Waals surface area contributed by atoms with Gasteiger partial charge < -0.3 is 4.74 Å². The normalized spacial score (nSPS) is 21.3. The number of nitrogens with zero attached hydrogens (tertiary/aromatic N) is 3. The Labute approximate surface area is 154 Å². The molecule has 25 heavy (non-hydrogen) atoms. The lowest BCUT2D eigenvalue weighted by molar-refractivity contribution is -0.0192. The van der Waals surface area contributed by atoms with Crippen LogP contribution < -0.4 is 4.74 Å². The fraction of sp³-hybridized carbons (Fsp3) is 0.158. The van der Waals surface area contributed by atoms with E-state index in [0.717, 1.165) is 29.0 Å². The summed E-state index contributed by atoms with van der Waals surface area (Å²) in [6.07, 6.45) is 4.15. The molecule has 2 aromatic heterocycles. The van der Waals surface area contributed by atoms with Crippen LogP contribution in [0.4, 0.5) is 0 Å². The van der Waals surface area contributed by atoms with Crippen molar-refractivity contribution in [2.75, 3.05) is 0 Å². The van der Waals surface area contributed by atoms with Gasteiger partial charge in [-0.1, -0.05) is 23.7 Å². The predicted octanol–water partition coefficient (Wildman–Crippen LogP) is 5.04. The van der Waals surface area contributed by atoms with Gasteiger partial charge in [-0.2, -0.15) is 5.10 Å². The van der Waals surface area contributed by atoms with Crippen LogP contribution in [0.15, 0.2) is 65.3 Å². The van der Waals surface area contributed by atoms with Gasteiger partial charge in [0.2, 0.25) is 6.23 Å². The van der Waals surface area contributed by atoms with Crippen molar-refractivity contribution < 1.29 is 4.74 Å². The van der Waals surface area contributed by atoms with Crippen molar-refractivity contribution in [3.05, 3.63) is 81.3 Å². The van der Waals surface area contributed by atoms with Crippen LogP contribution >= 0.6 is 22.9 Å². The number of benzene rings is 1. The number of thiophene rings is 1. The van der Waals surface area contributed by atoms with Crippen molar-refractivity contribution in [3.63, 3.8) is 0 Å². The number of rotatable bonds is 2. The Hall–Kier alpha value is -2.37. The van der Waals surface area contributed by atoms with Crippen molar-refractivity contribution in [1.82, 2.24) is 9.99 Å². The number of hydrogen-bond acceptors (Lipinski definition) is 5. The van der Waals surface area contributed by atoms with Gasteiger partial charge in [-0.3, -0.25) is 4.98 Å². The quantitative estimate of drug-likeness (QED) is 0.636. The van der Waals surface area contributed by atoms with Crippen molar-refractivity contribution in [2.24, 2.45) is 5.10 Å². The Morgan fingerprint density at radius 1 is 1.20 bits per heavy atom. The monoisotopic (exact) mass is 367 g/mol. The molecule has 0 N–H and O–H groups in total. The van der Waals surface area contributed by atoms with Crippen LogP contribution in [0.2, 0.25) is 5.02 Å². The maximum Gasteiger partial charge on any atom is 0.215 e. The molecule has 0 saturated carbocycles. The SMILES string of the molecule is Clc1ccc2c(c1)C1CC(c3cccs3)=NN1C(c1cccnc1)O2. The average Bonchev–Trinajstić information content (AvgIpc) is 3.31. The molecule has 6 heteroatoms. The Morgan fingerprint density at radius 2 is 2.16 bits per heavy atom. The number of ether oxygens (including phenoxy) is 1. The molecule has 2 aliphatic rings. The van der Waals surface area contributed by atoms with E-state index in [1.165, 1.54) is 4.88 Å². The zero-order chi connectivity index (χ0) is 16.8. The van der Waals surface area contributed by atoms with Crippen LogP contribution in [0.25, 0.3) is 0 Å². The van der Waals surface area contributed by atoms with Gasteiger partial charge in [0.15, 0.2) is 0 Å². The van der Waals surface area contributed by atoms with E-state index in [2.05, 4.69) is 22.5 Å². The Kier molecular flexibility index (Phi) is 3.50. The highest BCUT2D eigenvalue weighted by molar-refractivity contribution is 7.12. The molecule has 0 spiro atoms. The zero-order valence-electron chi connectivity index (χ0n) is 13.2. The fourth-order valence-electron chi connectivity index (χ4n) is 3.39. The van der Waals surface area contributed by atoms with Gasteiger partial charge in [0, 0.05) is 35.0 Å². The first-order valence-corrected chi connectivity index (χ1v) is 9.31. The van der Waals surface area contributed by atoms with Crippen LogP contribution in [0, 0.1) is 0 Å². The summed E-state index contributed by atoms with van der Waals surface area (Å²) >= 11 is 7.95. The molecule has 2 atom stereocenters. The first kappa shape index (κ1) is 14.9. The van der Waals surface area contributed by atoms with E-state index in [-0.39, 0.29) is 12.3 Å². The van der Waals surface area contributed by atoms with Gasteiger partial charge in [0.1, 0.15) is 5.75 Å². The minimum atomic E-state index is -0.287. The van der Waals surface area contributed by atoms with Crippen molar-refractivity contribution in [3.8, 4) is 5.75 Å². The van der Waals surface area contributed by atoms with E-state index in [0.29, 0.717) is 5.02 Å². The lowest BCUT2D eigenvalue weighted by atomic mass is 9.98. The molecule has 4 heterocycles. The highest BCUT2D eigenvalue weighted by atomic mass is 35.5. The van der Waals surface area contributed by atoms with Crippen LogP contribution in [-0.2, 0) is 0 Å². The van der Waals surface area contributed by atoms with Gasteiger partial charge >= 0.3 is 0 Å². The number of pyridine rings is 1. The molecule has 1 aromatic carbocycles. The molecule has 0 amide bonds. The van der Waals surface area contributed by atoms with Gasteiger partial charge in [-0.15, -0.1) is 11.3 Å². The Morgan fingerprint density at radius 3 is 2.96 bits per heavy atom. The standard InChI is InChI=1S/C19H14ClN3OS/c20-13-5-6-17-14(9-13)16-10-15(18-4-2-8-25-18)22-23(16)19(24-17)12-3-1-7-21-11-12/h1-9,11,16,19H,10H2. The number of hydrogen-bond donors (Lipinski definition) is 0. The molecule has 2 aliphatic heterocycles. The number of aromatic nitrogens is 1. The lowest BCUT2D eigenvalue weighted by Crippen LogP contribution is -2.33. The molecule has 0 aliphatic carbocycles. The first-order chi connectivity index (χ1) is 12.3. The van der Waals surface area contributed by atoms with E-state index in [9.17, 15) is 0 Å². The fourth-order valence-corrected chi connectivity index (χ4v) is 4.29. The van der Waals surface area contributed by atoms with Crippen LogP contribution in [0.5, 0.6) is 5.75 Å². The van der Waals surface area contributed by atoms with Gasteiger partial charge in [0.25, 0.3) is 0 Å². The molecule has 2 unspecified atom stereocenters. The summed E-state index contributed by atoms with van der Waals surface area (Å²) in [6, 6.07) is 14.0. The predicted molar refractivity (Wildman–Crippen MR) is 99.1 cm³/mol. The molecule has 0 bridgehead atoms. The summed E-state index contributed by atoms with van der Waals surface area (Å²) in [6.45, 7) is 0. The first-order valence-electron chi connectivity index (χ1n) is 8.05. The number of fused-ring (bicyclic) bond motifs is 3. The maximum atomic E-state index is 6.28.